The van der Waals surface area contributed by atoms with Crippen LogP contribution in [0, 0.1) is 11.3 Å². The number of nitrogens with one attached hydrogen (secondary N) is 2. The van der Waals surface area contributed by atoms with E-state index in [0.29, 0.717) is 25.2 Å². The third-order valence-corrected chi connectivity index (χ3v) is 7.44. The summed E-state index contributed by atoms with van der Waals surface area (Å²) in [7, 11) is 0. The van der Waals surface area contributed by atoms with Crippen LogP contribution in [0.4, 0.5) is 4.79 Å². The molecular formula is C22H34N4O5. The number of likely N-dealkylation sites (tertiary alicyclic amines) is 1. The Bertz CT molecular complexity index is 754. The van der Waals surface area contributed by atoms with Gasteiger partial charge in [-0.05, 0) is 43.4 Å². The lowest BCUT2D eigenvalue weighted by atomic mass is 9.65. The van der Waals surface area contributed by atoms with Gasteiger partial charge in [-0.15, -0.1) is 0 Å². The molecule has 0 aromatic rings. The van der Waals surface area contributed by atoms with Crippen molar-refractivity contribution in [2.24, 2.45) is 11.3 Å². The molecule has 0 bridgehead atoms. The van der Waals surface area contributed by atoms with Gasteiger partial charge in [-0.25, -0.2) is 4.79 Å². The number of amides is 6. The van der Waals surface area contributed by atoms with E-state index in [1.807, 2.05) is 0 Å². The number of urea groups is 1. The summed E-state index contributed by atoms with van der Waals surface area (Å²) >= 11 is 0. The number of nitrogens with zero attached hydrogens (tertiary/aromatic N) is 2. The third kappa shape index (κ3) is 4.75. The van der Waals surface area contributed by atoms with Crippen LogP contribution in [-0.2, 0) is 19.2 Å². The Morgan fingerprint density at radius 3 is 2.29 bits per heavy atom. The minimum Gasteiger partial charge on any atom is -0.354 e. The summed E-state index contributed by atoms with van der Waals surface area (Å²) in [6.45, 7) is 6.87. The number of carbonyl (C=O) groups is 5. The maximum absolute atomic E-state index is 13.0. The lowest BCUT2D eigenvalue weighted by Crippen LogP contribution is -2.51. The van der Waals surface area contributed by atoms with E-state index >= 15 is 0 Å². The second-order valence-electron chi connectivity index (χ2n) is 9.66. The zero-order valence-corrected chi connectivity index (χ0v) is 18.8. The zero-order chi connectivity index (χ0) is 22.8. The first kappa shape index (κ1) is 23.2. The normalized spacial score (nSPS) is 26.7. The monoisotopic (exact) mass is 434 g/mol. The molecule has 0 unspecified atom stereocenters. The van der Waals surface area contributed by atoms with Gasteiger partial charge in [0.25, 0.3) is 5.91 Å². The molecule has 2 aliphatic heterocycles. The van der Waals surface area contributed by atoms with E-state index in [9.17, 15) is 24.0 Å². The van der Waals surface area contributed by atoms with Crippen molar-refractivity contribution in [2.45, 2.75) is 77.7 Å². The summed E-state index contributed by atoms with van der Waals surface area (Å²) in [5.74, 6) is -0.593. The Kier molecular flexibility index (Phi) is 6.71. The predicted octanol–water partition coefficient (Wildman–Crippen LogP) is 1.56. The van der Waals surface area contributed by atoms with Crippen molar-refractivity contribution in [1.82, 2.24) is 20.4 Å². The summed E-state index contributed by atoms with van der Waals surface area (Å²) in [5, 5.41) is 5.52. The van der Waals surface area contributed by atoms with Gasteiger partial charge >= 0.3 is 6.03 Å². The zero-order valence-electron chi connectivity index (χ0n) is 18.8. The van der Waals surface area contributed by atoms with Crippen molar-refractivity contribution in [1.29, 1.82) is 0 Å². The standard InChI is InChI=1S/C22H34N4O5/c1-4-21(2,3)15-8-10-22(11-9-15)19(30)26(20(31)24-22)14-16(27)23-12-5-13-25-17(28)6-7-18(25)29/h15H,4-14H2,1-3H3,(H,23,27)(H,24,31). The highest BCUT2D eigenvalue weighted by Gasteiger charge is 2.53. The molecule has 2 heterocycles. The van der Waals surface area contributed by atoms with E-state index < -0.39 is 17.5 Å². The molecular weight excluding hydrogens is 400 g/mol. The van der Waals surface area contributed by atoms with Crippen molar-refractivity contribution in [3.8, 4) is 0 Å². The van der Waals surface area contributed by atoms with Gasteiger partial charge in [0, 0.05) is 25.9 Å². The highest BCUT2D eigenvalue weighted by molar-refractivity contribution is 6.09. The third-order valence-electron chi connectivity index (χ3n) is 7.44. The van der Waals surface area contributed by atoms with Crippen LogP contribution in [0.3, 0.4) is 0 Å². The Morgan fingerprint density at radius 1 is 1.10 bits per heavy atom. The summed E-state index contributed by atoms with van der Waals surface area (Å²) in [5.41, 5.74) is -0.675. The van der Waals surface area contributed by atoms with Crippen molar-refractivity contribution < 1.29 is 24.0 Å². The predicted molar refractivity (Wildman–Crippen MR) is 113 cm³/mol. The average Bonchev–Trinajstić information content (AvgIpc) is 3.16. The van der Waals surface area contributed by atoms with Crippen molar-refractivity contribution in [3.63, 3.8) is 0 Å². The Balaban J connectivity index is 1.46. The quantitative estimate of drug-likeness (QED) is 0.342. The lowest BCUT2D eigenvalue weighted by molar-refractivity contribution is -0.138. The van der Waals surface area contributed by atoms with Crippen LogP contribution in [-0.4, -0.2) is 64.6 Å². The van der Waals surface area contributed by atoms with Crippen molar-refractivity contribution in [2.75, 3.05) is 19.6 Å². The maximum Gasteiger partial charge on any atom is 0.325 e. The second-order valence-corrected chi connectivity index (χ2v) is 9.66. The van der Waals surface area contributed by atoms with E-state index in [4.69, 9.17) is 0 Å². The van der Waals surface area contributed by atoms with Crippen LogP contribution in [0.2, 0.25) is 0 Å². The van der Waals surface area contributed by atoms with Crippen LogP contribution in [0.15, 0.2) is 0 Å². The molecule has 9 heteroatoms. The molecule has 31 heavy (non-hydrogen) atoms. The molecule has 2 saturated heterocycles. The topological polar surface area (TPSA) is 116 Å². The van der Waals surface area contributed by atoms with Gasteiger partial charge in [0.1, 0.15) is 12.1 Å². The summed E-state index contributed by atoms with van der Waals surface area (Å²) < 4.78 is 0. The average molecular weight is 435 g/mol. The fourth-order valence-electron chi connectivity index (χ4n) is 4.88. The van der Waals surface area contributed by atoms with E-state index in [-0.39, 0.29) is 55.6 Å². The van der Waals surface area contributed by atoms with Crippen LogP contribution in [0.5, 0.6) is 0 Å². The molecule has 2 N–H and O–H groups in total. The van der Waals surface area contributed by atoms with Crippen LogP contribution in [0.25, 0.3) is 0 Å². The molecule has 0 radical (unpaired) electrons. The Morgan fingerprint density at radius 2 is 1.71 bits per heavy atom. The van der Waals surface area contributed by atoms with E-state index in [0.717, 1.165) is 24.2 Å². The number of imide groups is 2. The van der Waals surface area contributed by atoms with Gasteiger partial charge < -0.3 is 10.6 Å². The molecule has 0 aromatic carbocycles. The molecule has 3 rings (SSSR count). The van der Waals surface area contributed by atoms with Gasteiger partial charge in [0.15, 0.2) is 0 Å². The molecule has 1 spiro atoms. The molecule has 3 fully saturated rings. The number of hydrogen-bond donors (Lipinski definition) is 2. The van der Waals surface area contributed by atoms with Gasteiger partial charge in [0.2, 0.25) is 17.7 Å². The molecule has 0 aromatic heterocycles. The van der Waals surface area contributed by atoms with Gasteiger partial charge in [0.05, 0.1) is 0 Å². The Hall–Kier alpha value is -2.45. The van der Waals surface area contributed by atoms with E-state index in [2.05, 4.69) is 31.4 Å². The van der Waals surface area contributed by atoms with Crippen LogP contribution >= 0.6 is 0 Å². The fourth-order valence-corrected chi connectivity index (χ4v) is 4.88. The van der Waals surface area contributed by atoms with E-state index in [1.54, 1.807) is 0 Å². The molecule has 1 saturated carbocycles. The molecule has 0 atom stereocenters. The highest BCUT2D eigenvalue weighted by atomic mass is 16.2. The fraction of sp³-hybridized carbons (Fsp3) is 0.773. The van der Waals surface area contributed by atoms with Crippen molar-refractivity contribution >= 4 is 29.7 Å². The molecule has 1 aliphatic carbocycles. The SMILES string of the molecule is CCC(C)(C)C1CCC2(CC1)NC(=O)N(CC(=O)NCCCN1C(=O)CCC1=O)C2=O. The van der Waals surface area contributed by atoms with Gasteiger partial charge in [-0.2, -0.15) is 0 Å². The minimum absolute atomic E-state index is 0.182. The van der Waals surface area contributed by atoms with Gasteiger partial charge in [-0.1, -0.05) is 27.2 Å². The number of rotatable bonds is 8. The van der Waals surface area contributed by atoms with Crippen molar-refractivity contribution in [3.05, 3.63) is 0 Å². The second kappa shape index (κ2) is 8.96. The summed E-state index contributed by atoms with van der Waals surface area (Å²) in [6.07, 6.45) is 4.94. The first-order valence-electron chi connectivity index (χ1n) is 11.3. The maximum atomic E-state index is 13.0. The smallest absolute Gasteiger partial charge is 0.325 e. The van der Waals surface area contributed by atoms with Gasteiger partial charge in [-0.3, -0.25) is 29.0 Å². The highest BCUT2D eigenvalue weighted by Crippen LogP contribution is 2.45. The minimum atomic E-state index is -0.881. The molecule has 6 amide bonds. The summed E-state index contributed by atoms with van der Waals surface area (Å²) in [4.78, 5) is 63.1. The number of hydrogen-bond acceptors (Lipinski definition) is 5. The summed E-state index contributed by atoms with van der Waals surface area (Å²) in [6, 6.07) is -0.512. The van der Waals surface area contributed by atoms with Crippen LogP contribution in [0.1, 0.15) is 72.1 Å². The molecule has 3 aliphatic rings. The van der Waals surface area contributed by atoms with Crippen LogP contribution < -0.4 is 10.6 Å². The first-order chi connectivity index (χ1) is 14.6. The van der Waals surface area contributed by atoms with E-state index in [1.165, 1.54) is 4.90 Å². The number of carbonyl (C=O) groups excluding carboxylic acids is 5. The largest absolute Gasteiger partial charge is 0.354 e. The first-order valence-corrected chi connectivity index (χ1v) is 11.3. The Labute approximate surface area is 183 Å². The lowest BCUT2D eigenvalue weighted by Gasteiger charge is -2.42. The molecule has 172 valence electrons. The molecule has 9 nitrogen and oxygen atoms in total.